The summed E-state index contributed by atoms with van der Waals surface area (Å²) in [5.74, 6) is 1.21. The molecular weight excluding hydrogens is 272 g/mol. The lowest BCUT2D eigenvalue weighted by Crippen LogP contribution is -2.12. The molecule has 20 heavy (non-hydrogen) atoms. The normalized spacial score (nSPS) is 10.4. The average Bonchev–Trinajstić information content (AvgIpc) is 2.35. The minimum Gasteiger partial charge on any atom is -0.456 e. The predicted octanol–water partition coefficient (Wildman–Crippen LogP) is 4.34. The molecule has 2 rings (SSSR count). The third-order valence-corrected chi connectivity index (χ3v) is 3.45. The smallest absolute Gasteiger partial charge is 0.139 e. The van der Waals surface area contributed by atoms with E-state index in [4.69, 9.17) is 27.5 Å². The highest BCUT2D eigenvalue weighted by atomic mass is 35.5. The molecule has 0 fully saturated rings. The number of nitrogens with one attached hydrogen (secondary N) is 1. The molecule has 0 spiro atoms. The summed E-state index contributed by atoms with van der Waals surface area (Å²) in [6, 6.07) is 9.13. The molecule has 0 aliphatic heterocycles. The summed E-state index contributed by atoms with van der Waals surface area (Å²) in [7, 11) is 0. The van der Waals surface area contributed by atoms with E-state index in [2.05, 4.69) is 6.07 Å². The van der Waals surface area contributed by atoms with Gasteiger partial charge in [-0.25, -0.2) is 0 Å². The standard InChI is InChI=1S/C16H17ClN2O/c1-9-6-10(2)11(3)14(7-9)20-15-8-12(17)4-5-13(15)16(18)19/h4-8H,1-3H3,(H3,18,19). The van der Waals surface area contributed by atoms with Gasteiger partial charge in [-0.3, -0.25) is 5.41 Å². The summed E-state index contributed by atoms with van der Waals surface area (Å²) in [6.07, 6.45) is 0. The highest BCUT2D eigenvalue weighted by Gasteiger charge is 2.11. The van der Waals surface area contributed by atoms with E-state index in [1.807, 2.05) is 26.8 Å². The molecule has 0 radical (unpaired) electrons. The van der Waals surface area contributed by atoms with Crippen LogP contribution in [0.4, 0.5) is 0 Å². The molecule has 2 aromatic carbocycles. The Kier molecular flexibility index (Phi) is 4.00. The average molecular weight is 289 g/mol. The van der Waals surface area contributed by atoms with Gasteiger partial charge in [0.25, 0.3) is 0 Å². The molecule has 0 amide bonds. The van der Waals surface area contributed by atoms with E-state index >= 15 is 0 Å². The molecule has 0 unspecified atom stereocenters. The quantitative estimate of drug-likeness (QED) is 0.652. The SMILES string of the molecule is Cc1cc(C)c(C)c(Oc2cc(Cl)ccc2C(=N)N)c1. The molecule has 3 nitrogen and oxygen atoms in total. The summed E-state index contributed by atoms with van der Waals surface area (Å²) in [5, 5.41) is 8.15. The highest BCUT2D eigenvalue weighted by Crippen LogP contribution is 2.32. The Morgan fingerprint density at radius 1 is 1.10 bits per heavy atom. The van der Waals surface area contributed by atoms with Gasteiger partial charge in [-0.2, -0.15) is 0 Å². The van der Waals surface area contributed by atoms with E-state index < -0.39 is 0 Å². The number of halogens is 1. The van der Waals surface area contributed by atoms with Crippen molar-refractivity contribution < 1.29 is 4.74 Å². The van der Waals surface area contributed by atoms with Crippen LogP contribution in [0, 0.1) is 26.2 Å². The first-order valence-electron chi connectivity index (χ1n) is 6.28. The maximum Gasteiger partial charge on any atom is 0.139 e. The largest absolute Gasteiger partial charge is 0.456 e. The van der Waals surface area contributed by atoms with Crippen molar-refractivity contribution in [1.82, 2.24) is 0 Å². The molecule has 0 bridgehead atoms. The third-order valence-electron chi connectivity index (χ3n) is 3.22. The fourth-order valence-electron chi connectivity index (χ4n) is 2.03. The van der Waals surface area contributed by atoms with Crippen LogP contribution in [0.2, 0.25) is 5.02 Å². The van der Waals surface area contributed by atoms with E-state index in [9.17, 15) is 0 Å². The summed E-state index contributed by atoms with van der Waals surface area (Å²) in [6.45, 7) is 6.06. The van der Waals surface area contributed by atoms with E-state index in [-0.39, 0.29) is 5.84 Å². The van der Waals surface area contributed by atoms with Gasteiger partial charge in [0.15, 0.2) is 0 Å². The fraction of sp³-hybridized carbons (Fsp3) is 0.188. The van der Waals surface area contributed by atoms with Gasteiger partial charge in [0, 0.05) is 11.1 Å². The van der Waals surface area contributed by atoms with Crippen LogP contribution < -0.4 is 10.5 Å². The summed E-state index contributed by atoms with van der Waals surface area (Å²) in [4.78, 5) is 0. The number of amidine groups is 1. The van der Waals surface area contributed by atoms with Crippen LogP contribution in [0.15, 0.2) is 30.3 Å². The molecule has 104 valence electrons. The van der Waals surface area contributed by atoms with Gasteiger partial charge in [-0.05, 0) is 55.7 Å². The Bertz CT molecular complexity index is 680. The Balaban J connectivity index is 2.50. The molecule has 0 aliphatic carbocycles. The second kappa shape index (κ2) is 5.55. The molecule has 0 aliphatic rings. The summed E-state index contributed by atoms with van der Waals surface area (Å²) >= 11 is 6.00. The second-order valence-corrected chi connectivity index (χ2v) is 5.30. The third kappa shape index (κ3) is 2.94. The van der Waals surface area contributed by atoms with Gasteiger partial charge in [0.05, 0.1) is 5.56 Å². The van der Waals surface area contributed by atoms with E-state index in [1.165, 1.54) is 0 Å². The highest BCUT2D eigenvalue weighted by molar-refractivity contribution is 6.30. The van der Waals surface area contributed by atoms with Crippen LogP contribution in [-0.4, -0.2) is 5.84 Å². The van der Waals surface area contributed by atoms with Crippen molar-refractivity contribution in [2.24, 2.45) is 5.73 Å². The van der Waals surface area contributed by atoms with Crippen molar-refractivity contribution in [2.45, 2.75) is 20.8 Å². The van der Waals surface area contributed by atoms with Crippen molar-refractivity contribution in [3.05, 3.63) is 57.6 Å². The topological polar surface area (TPSA) is 59.1 Å². The molecule has 3 N–H and O–H groups in total. The zero-order valence-corrected chi connectivity index (χ0v) is 12.5. The Hall–Kier alpha value is -2.00. The minimum atomic E-state index is -0.0429. The zero-order valence-electron chi connectivity index (χ0n) is 11.8. The maximum atomic E-state index is 7.61. The lowest BCUT2D eigenvalue weighted by Gasteiger charge is -2.14. The first-order chi connectivity index (χ1) is 9.38. The lowest BCUT2D eigenvalue weighted by molar-refractivity contribution is 0.477. The van der Waals surface area contributed by atoms with Crippen LogP contribution in [0.25, 0.3) is 0 Å². The number of nitrogens with two attached hydrogens (primary N) is 1. The van der Waals surface area contributed by atoms with Crippen molar-refractivity contribution in [1.29, 1.82) is 5.41 Å². The zero-order chi connectivity index (χ0) is 14.9. The van der Waals surface area contributed by atoms with Gasteiger partial charge in [-0.1, -0.05) is 17.7 Å². The van der Waals surface area contributed by atoms with Crippen LogP contribution in [0.3, 0.4) is 0 Å². The molecule has 4 heteroatoms. The van der Waals surface area contributed by atoms with Crippen molar-refractivity contribution in [2.75, 3.05) is 0 Å². The Morgan fingerprint density at radius 3 is 2.45 bits per heavy atom. The number of hydrogen-bond acceptors (Lipinski definition) is 2. The first kappa shape index (κ1) is 14.4. The minimum absolute atomic E-state index is 0.0429. The number of hydrogen-bond donors (Lipinski definition) is 2. The number of aryl methyl sites for hydroxylation is 2. The van der Waals surface area contributed by atoms with Crippen LogP contribution in [0.5, 0.6) is 11.5 Å². The second-order valence-electron chi connectivity index (χ2n) is 4.86. The number of ether oxygens (including phenoxy) is 1. The molecule has 0 saturated carbocycles. The van der Waals surface area contributed by atoms with Gasteiger partial charge < -0.3 is 10.5 Å². The number of benzene rings is 2. The molecule has 0 heterocycles. The Morgan fingerprint density at radius 2 is 1.80 bits per heavy atom. The van der Waals surface area contributed by atoms with Crippen LogP contribution >= 0.6 is 11.6 Å². The van der Waals surface area contributed by atoms with E-state index in [0.717, 1.165) is 22.4 Å². The van der Waals surface area contributed by atoms with E-state index in [1.54, 1.807) is 18.2 Å². The summed E-state index contributed by atoms with van der Waals surface area (Å²) in [5.41, 5.74) is 9.45. The molecular formula is C16H17ClN2O. The molecule has 0 atom stereocenters. The molecule has 0 saturated heterocycles. The van der Waals surface area contributed by atoms with Gasteiger partial charge in [0.2, 0.25) is 0 Å². The van der Waals surface area contributed by atoms with Gasteiger partial charge in [-0.15, -0.1) is 0 Å². The summed E-state index contributed by atoms with van der Waals surface area (Å²) < 4.78 is 5.94. The van der Waals surface area contributed by atoms with Crippen LogP contribution in [0.1, 0.15) is 22.3 Å². The van der Waals surface area contributed by atoms with Crippen molar-refractivity contribution >= 4 is 17.4 Å². The predicted molar refractivity (Wildman–Crippen MR) is 83.2 cm³/mol. The van der Waals surface area contributed by atoms with Gasteiger partial charge >= 0.3 is 0 Å². The Labute approximate surface area is 123 Å². The monoisotopic (exact) mass is 288 g/mol. The lowest BCUT2D eigenvalue weighted by atomic mass is 10.1. The number of rotatable bonds is 3. The van der Waals surface area contributed by atoms with E-state index in [0.29, 0.717) is 16.3 Å². The fourth-order valence-corrected chi connectivity index (χ4v) is 2.19. The first-order valence-corrected chi connectivity index (χ1v) is 6.66. The van der Waals surface area contributed by atoms with Crippen LogP contribution in [-0.2, 0) is 0 Å². The van der Waals surface area contributed by atoms with Gasteiger partial charge in [0.1, 0.15) is 17.3 Å². The molecule has 0 aromatic heterocycles. The maximum absolute atomic E-state index is 7.61. The molecule has 2 aromatic rings. The number of nitrogen functional groups attached to an aromatic ring is 1. The van der Waals surface area contributed by atoms with Crippen molar-refractivity contribution in [3.8, 4) is 11.5 Å². The van der Waals surface area contributed by atoms with Crippen molar-refractivity contribution in [3.63, 3.8) is 0 Å².